The van der Waals surface area contributed by atoms with Crippen LogP contribution in [0.25, 0.3) is 0 Å². The summed E-state index contributed by atoms with van der Waals surface area (Å²) in [6.07, 6.45) is 4.97. The summed E-state index contributed by atoms with van der Waals surface area (Å²) in [4.78, 5) is 7.39. The molecule has 184 valence electrons. The maximum absolute atomic E-state index is 5.66. The van der Waals surface area contributed by atoms with E-state index in [-0.39, 0.29) is 24.0 Å². The van der Waals surface area contributed by atoms with Crippen molar-refractivity contribution in [3.05, 3.63) is 54.0 Å². The fourth-order valence-corrected chi connectivity index (χ4v) is 4.28. The summed E-state index contributed by atoms with van der Waals surface area (Å²) in [7, 11) is 3.93. The second-order valence-corrected chi connectivity index (χ2v) is 8.23. The number of methoxy groups -OCH3 is 1. The number of guanidine groups is 1. The third kappa shape index (κ3) is 8.83. The average Bonchev–Trinajstić information content (AvgIpc) is 3.33. The van der Waals surface area contributed by atoms with Crippen molar-refractivity contribution < 1.29 is 13.9 Å². The van der Waals surface area contributed by atoms with Crippen LogP contribution in [-0.4, -0.2) is 57.8 Å². The van der Waals surface area contributed by atoms with Gasteiger partial charge in [0.25, 0.3) is 0 Å². The molecule has 2 aromatic rings. The highest BCUT2D eigenvalue weighted by atomic mass is 127. The minimum absolute atomic E-state index is 0. The Morgan fingerprint density at radius 3 is 2.73 bits per heavy atom. The van der Waals surface area contributed by atoms with Crippen molar-refractivity contribution >= 4 is 29.9 Å². The molecule has 1 aliphatic rings. The summed E-state index contributed by atoms with van der Waals surface area (Å²) in [5.74, 6) is 3.11. The lowest BCUT2D eigenvalue weighted by Gasteiger charge is -2.39. The number of aliphatic imine (C=N–C) groups is 1. The molecule has 7 nitrogen and oxygen atoms in total. The number of nitrogens with one attached hydrogen (secondary N) is 2. The first-order chi connectivity index (χ1) is 15.7. The van der Waals surface area contributed by atoms with Crippen molar-refractivity contribution in [2.75, 3.05) is 46.9 Å². The minimum Gasteiger partial charge on any atom is -0.497 e. The Bertz CT molecular complexity index is 798. The van der Waals surface area contributed by atoms with Crippen LogP contribution < -0.4 is 15.4 Å². The first-order valence-corrected chi connectivity index (χ1v) is 11.7. The van der Waals surface area contributed by atoms with Gasteiger partial charge in [0.1, 0.15) is 18.1 Å². The average molecular weight is 571 g/mol. The summed E-state index contributed by atoms with van der Waals surface area (Å²) >= 11 is 0. The van der Waals surface area contributed by atoms with E-state index in [1.54, 1.807) is 13.4 Å². The smallest absolute Gasteiger partial charge is 0.191 e. The fourth-order valence-electron chi connectivity index (χ4n) is 4.28. The zero-order valence-electron chi connectivity index (χ0n) is 20.1. The van der Waals surface area contributed by atoms with Crippen LogP contribution in [0.3, 0.4) is 0 Å². The molecule has 1 aromatic carbocycles. The molecule has 2 heterocycles. The van der Waals surface area contributed by atoms with Crippen LogP contribution in [0, 0.1) is 5.92 Å². The van der Waals surface area contributed by atoms with Gasteiger partial charge in [-0.1, -0.05) is 12.1 Å². The molecule has 0 bridgehead atoms. The van der Waals surface area contributed by atoms with E-state index in [9.17, 15) is 0 Å². The maximum atomic E-state index is 5.66. The highest BCUT2D eigenvalue weighted by Crippen LogP contribution is 2.35. The molecular formula is C25H39IN4O3. The highest BCUT2D eigenvalue weighted by molar-refractivity contribution is 14.0. The number of hydrogen-bond donors (Lipinski definition) is 2. The molecule has 1 fully saturated rings. The molecule has 0 amide bonds. The minimum atomic E-state index is 0. The van der Waals surface area contributed by atoms with Gasteiger partial charge in [-0.05, 0) is 75.5 Å². The number of nitrogens with zero attached hydrogens (tertiary/aromatic N) is 2. The first kappa shape index (κ1) is 27.5. The lowest BCUT2D eigenvalue weighted by atomic mass is 9.85. The predicted molar refractivity (Wildman–Crippen MR) is 143 cm³/mol. The molecule has 0 aliphatic carbocycles. The number of furan rings is 1. The van der Waals surface area contributed by atoms with Crippen molar-refractivity contribution in [1.82, 2.24) is 15.5 Å². The van der Waals surface area contributed by atoms with Crippen LogP contribution in [-0.2, 0) is 11.3 Å². The predicted octanol–water partition coefficient (Wildman–Crippen LogP) is 4.45. The van der Waals surface area contributed by atoms with Crippen molar-refractivity contribution in [3.8, 4) is 5.75 Å². The van der Waals surface area contributed by atoms with E-state index in [2.05, 4.69) is 53.8 Å². The van der Waals surface area contributed by atoms with Crippen molar-refractivity contribution in [2.45, 2.75) is 38.8 Å². The monoisotopic (exact) mass is 570 g/mol. The first-order valence-electron chi connectivity index (χ1n) is 11.7. The normalized spacial score (nSPS) is 19.1. The molecule has 2 unspecified atom stereocenters. The number of benzene rings is 1. The Hall–Kier alpha value is -1.78. The Balaban J connectivity index is 0.00000385. The van der Waals surface area contributed by atoms with E-state index in [0.717, 1.165) is 50.1 Å². The molecule has 33 heavy (non-hydrogen) atoms. The Kier molecular flexibility index (Phi) is 12.6. The summed E-state index contributed by atoms with van der Waals surface area (Å²) < 4.78 is 16.3. The Labute approximate surface area is 215 Å². The van der Waals surface area contributed by atoms with E-state index in [1.807, 2.05) is 12.1 Å². The van der Waals surface area contributed by atoms with Gasteiger partial charge in [0.15, 0.2) is 5.96 Å². The molecule has 8 heteroatoms. The van der Waals surface area contributed by atoms with Crippen LogP contribution in [0.15, 0.2) is 52.1 Å². The lowest BCUT2D eigenvalue weighted by Crippen LogP contribution is -2.40. The van der Waals surface area contributed by atoms with Gasteiger partial charge in [0.05, 0.1) is 13.4 Å². The molecule has 0 spiro atoms. The molecular weight excluding hydrogens is 531 g/mol. The maximum Gasteiger partial charge on any atom is 0.191 e. The summed E-state index contributed by atoms with van der Waals surface area (Å²) in [6, 6.07) is 12.7. The zero-order valence-corrected chi connectivity index (χ0v) is 22.4. The number of likely N-dealkylation sites (tertiary alicyclic amines) is 1. The van der Waals surface area contributed by atoms with Crippen LogP contribution in [0.2, 0.25) is 0 Å². The van der Waals surface area contributed by atoms with Crippen molar-refractivity contribution in [1.29, 1.82) is 0 Å². The number of piperidine rings is 1. The van der Waals surface area contributed by atoms with Crippen LogP contribution in [0.5, 0.6) is 5.75 Å². The van der Waals surface area contributed by atoms with Gasteiger partial charge in [-0.3, -0.25) is 9.89 Å². The van der Waals surface area contributed by atoms with E-state index >= 15 is 0 Å². The highest BCUT2D eigenvalue weighted by Gasteiger charge is 2.30. The molecule has 2 atom stereocenters. The third-order valence-electron chi connectivity index (χ3n) is 5.87. The largest absolute Gasteiger partial charge is 0.497 e. The van der Waals surface area contributed by atoms with Crippen molar-refractivity contribution in [2.24, 2.45) is 10.9 Å². The second-order valence-electron chi connectivity index (χ2n) is 8.23. The summed E-state index contributed by atoms with van der Waals surface area (Å²) in [6.45, 7) is 6.86. The number of rotatable bonds is 11. The second kappa shape index (κ2) is 15.2. The SMILES string of the molecule is CCNC(=NCC1CCCN(C)C1c1ccc(OC)cc1)NCCCOCc1ccco1.I. The fraction of sp³-hybridized carbons (Fsp3) is 0.560. The molecule has 1 aliphatic heterocycles. The van der Waals surface area contributed by atoms with Crippen LogP contribution >= 0.6 is 24.0 Å². The standard InChI is InChI=1S/C25H38N4O3.HI/c1-4-26-25(27-14-7-16-31-19-23-9-6-17-32-23)28-18-21-8-5-15-29(2)24(21)20-10-12-22(30-3)13-11-20;/h6,9-13,17,21,24H,4-5,7-8,14-16,18-19H2,1-3H3,(H2,26,27,28);1H. The van der Waals surface area contributed by atoms with E-state index in [4.69, 9.17) is 18.9 Å². The number of halogens is 1. The van der Waals surface area contributed by atoms with Crippen LogP contribution in [0.1, 0.15) is 43.6 Å². The van der Waals surface area contributed by atoms with Crippen molar-refractivity contribution in [3.63, 3.8) is 0 Å². The van der Waals surface area contributed by atoms with E-state index < -0.39 is 0 Å². The van der Waals surface area contributed by atoms with Gasteiger partial charge in [0, 0.05) is 32.3 Å². The molecule has 1 saturated heterocycles. The summed E-state index contributed by atoms with van der Waals surface area (Å²) in [5.41, 5.74) is 1.33. The quantitative estimate of drug-likeness (QED) is 0.180. The summed E-state index contributed by atoms with van der Waals surface area (Å²) in [5, 5.41) is 6.81. The topological polar surface area (TPSA) is 71.3 Å². The molecule has 1 aromatic heterocycles. The zero-order chi connectivity index (χ0) is 22.6. The van der Waals surface area contributed by atoms with Crippen LogP contribution in [0.4, 0.5) is 0 Å². The molecule has 0 radical (unpaired) electrons. The molecule has 0 saturated carbocycles. The van der Waals surface area contributed by atoms with E-state index in [1.165, 1.54) is 18.4 Å². The van der Waals surface area contributed by atoms with Gasteiger partial charge < -0.3 is 24.5 Å². The third-order valence-corrected chi connectivity index (χ3v) is 5.87. The number of ether oxygens (including phenoxy) is 2. The Morgan fingerprint density at radius 1 is 1.21 bits per heavy atom. The molecule has 2 N–H and O–H groups in total. The van der Waals surface area contributed by atoms with Gasteiger partial charge in [-0.2, -0.15) is 0 Å². The van der Waals surface area contributed by atoms with Gasteiger partial charge in [-0.15, -0.1) is 24.0 Å². The Morgan fingerprint density at radius 2 is 2.03 bits per heavy atom. The van der Waals surface area contributed by atoms with E-state index in [0.29, 0.717) is 25.2 Å². The lowest BCUT2D eigenvalue weighted by molar-refractivity contribution is 0.105. The van der Waals surface area contributed by atoms with Gasteiger partial charge >= 0.3 is 0 Å². The van der Waals surface area contributed by atoms with Gasteiger partial charge in [-0.25, -0.2) is 0 Å². The molecule has 3 rings (SSSR count). The number of hydrogen-bond acceptors (Lipinski definition) is 5. The van der Waals surface area contributed by atoms with Gasteiger partial charge in [0.2, 0.25) is 0 Å².